The Morgan fingerprint density at radius 2 is 2.27 bits per heavy atom. The SMILES string of the molecule is Brc1cnn2ccnc(NCC3CCC4CNCCC4C3)c12. The molecule has 1 saturated heterocycles. The zero-order valence-corrected chi connectivity index (χ0v) is 14.2. The fourth-order valence-electron chi connectivity index (χ4n) is 4.08. The average Bonchev–Trinajstić information content (AvgIpc) is 2.95. The molecule has 1 aliphatic carbocycles. The summed E-state index contributed by atoms with van der Waals surface area (Å²) in [6.07, 6.45) is 10.9. The number of halogens is 1. The van der Waals surface area contributed by atoms with Gasteiger partial charge in [-0.15, -0.1) is 0 Å². The van der Waals surface area contributed by atoms with Gasteiger partial charge in [-0.2, -0.15) is 5.10 Å². The van der Waals surface area contributed by atoms with Crippen molar-refractivity contribution in [2.75, 3.05) is 25.0 Å². The van der Waals surface area contributed by atoms with Crippen LogP contribution in [0.2, 0.25) is 0 Å². The van der Waals surface area contributed by atoms with E-state index in [0.717, 1.165) is 40.1 Å². The highest BCUT2D eigenvalue weighted by Gasteiger charge is 2.32. The topological polar surface area (TPSA) is 54.2 Å². The van der Waals surface area contributed by atoms with Gasteiger partial charge in [-0.25, -0.2) is 9.50 Å². The van der Waals surface area contributed by atoms with Crippen LogP contribution in [0.25, 0.3) is 5.52 Å². The standard InChI is InChI=1S/C16H22BrN5/c17-14-10-21-22-6-5-19-16(15(14)22)20-8-11-1-2-13-9-18-4-3-12(13)7-11/h5-6,10-13,18H,1-4,7-9H2,(H,19,20). The summed E-state index contributed by atoms with van der Waals surface area (Å²) in [5.41, 5.74) is 1.03. The molecule has 3 unspecified atom stereocenters. The largest absolute Gasteiger partial charge is 0.368 e. The summed E-state index contributed by atoms with van der Waals surface area (Å²) >= 11 is 3.56. The first kappa shape index (κ1) is 14.5. The van der Waals surface area contributed by atoms with Crippen molar-refractivity contribution in [3.05, 3.63) is 23.1 Å². The van der Waals surface area contributed by atoms with Crippen LogP contribution in [-0.2, 0) is 0 Å². The van der Waals surface area contributed by atoms with E-state index >= 15 is 0 Å². The molecule has 0 amide bonds. The smallest absolute Gasteiger partial charge is 0.153 e. The molecule has 1 saturated carbocycles. The zero-order valence-electron chi connectivity index (χ0n) is 12.6. The van der Waals surface area contributed by atoms with E-state index in [1.165, 1.54) is 38.8 Å². The Kier molecular flexibility index (Phi) is 4.05. The minimum absolute atomic E-state index is 0.767. The molecule has 0 spiro atoms. The van der Waals surface area contributed by atoms with Crippen LogP contribution >= 0.6 is 15.9 Å². The number of rotatable bonds is 3. The van der Waals surface area contributed by atoms with Crippen molar-refractivity contribution in [3.63, 3.8) is 0 Å². The Morgan fingerprint density at radius 3 is 3.23 bits per heavy atom. The lowest BCUT2D eigenvalue weighted by molar-refractivity contribution is 0.146. The third-order valence-electron chi connectivity index (χ3n) is 5.29. The average molecular weight is 364 g/mol. The molecule has 0 bridgehead atoms. The van der Waals surface area contributed by atoms with E-state index in [1.807, 2.05) is 16.9 Å². The molecule has 22 heavy (non-hydrogen) atoms. The molecule has 5 nitrogen and oxygen atoms in total. The molecule has 2 fully saturated rings. The lowest BCUT2D eigenvalue weighted by atomic mass is 9.71. The Morgan fingerprint density at radius 1 is 1.32 bits per heavy atom. The van der Waals surface area contributed by atoms with Crippen molar-refractivity contribution in [2.24, 2.45) is 17.8 Å². The second-order valence-electron chi connectivity index (χ2n) is 6.63. The highest BCUT2D eigenvalue weighted by Crippen LogP contribution is 2.37. The number of piperidine rings is 1. The fraction of sp³-hybridized carbons (Fsp3) is 0.625. The maximum Gasteiger partial charge on any atom is 0.153 e. The summed E-state index contributed by atoms with van der Waals surface area (Å²) in [4.78, 5) is 4.49. The number of hydrogen-bond donors (Lipinski definition) is 2. The third-order valence-corrected chi connectivity index (χ3v) is 5.87. The van der Waals surface area contributed by atoms with Crippen LogP contribution in [0, 0.1) is 17.8 Å². The first-order chi connectivity index (χ1) is 10.8. The summed E-state index contributed by atoms with van der Waals surface area (Å²) in [7, 11) is 0. The van der Waals surface area contributed by atoms with Gasteiger partial charge in [0.15, 0.2) is 5.82 Å². The van der Waals surface area contributed by atoms with Crippen molar-refractivity contribution in [1.29, 1.82) is 0 Å². The highest BCUT2D eigenvalue weighted by molar-refractivity contribution is 9.10. The highest BCUT2D eigenvalue weighted by atomic mass is 79.9. The van der Waals surface area contributed by atoms with Gasteiger partial charge in [0.25, 0.3) is 0 Å². The fourth-order valence-corrected chi connectivity index (χ4v) is 4.55. The van der Waals surface area contributed by atoms with Crippen molar-refractivity contribution in [1.82, 2.24) is 19.9 Å². The molecular formula is C16H22BrN5. The van der Waals surface area contributed by atoms with Gasteiger partial charge >= 0.3 is 0 Å². The van der Waals surface area contributed by atoms with E-state index in [0.29, 0.717) is 0 Å². The lowest BCUT2D eigenvalue weighted by Crippen LogP contribution is -2.41. The maximum absolute atomic E-state index is 4.49. The molecule has 2 N–H and O–H groups in total. The van der Waals surface area contributed by atoms with Crippen LogP contribution in [-0.4, -0.2) is 34.2 Å². The van der Waals surface area contributed by atoms with Crippen LogP contribution in [0.1, 0.15) is 25.7 Å². The number of fused-ring (bicyclic) bond motifs is 2. The van der Waals surface area contributed by atoms with Gasteiger partial charge in [-0.3, -0.25) is 0 Å². The van der Waals surface area contributed by atoms with E-state index in [9.17, 15) is 0 Å². The molecule has 2 aliphatic rings. The van der Waals surface area contributed by atoms with Gasteiger partial charge in [0.1, 0.15) is 5.52 Å². The van der Waals surface area contributed by atoms with E-state index in [-0.39, 0.29) is 0 Å². The summed E-state index contributed by atoms with van der Waals surface area (Å²) in [5, 5.41) is 11.4. The summed E-state index contributed by atoms with van der Waals surface area (Å²) in [5.74, 6) is 3.53. The summed E-state index contributed by atoms with van der Waals surface area (Å²) < 4.78 is 2.86. The first-order valence-corrected chi connectivity index (χ1v) is 9.03. The van der Waals surface area contributed by atoms with Crippen LogP contribution in [0.4, 0.5) is 5.82 Å². The van der Waals surface area contributed by atoms with E-state index in [4.69, 9.17) is 0 Å². The van der Waals surface area contributed by atoms with E-state index in [2.05, 4.69) is 36.6 Å². The second-order valence-corrected chi connectivity index (χ2v) is 7.49. The number of nitrogens with one attached hydrogen (secondary N) is 2. The molecule has 3 heterocycles. The van der Waals surface area contributed by atoms with Crippen molar-refractivity contribution < 1.29 is 0 Å². The minimum atomic E-state index is 0.767. The number of hydrogen-bond acceptors (Lipinski definition) is 4. The number of aromatic nitrogens is 3. The molecule has 1 aliphatic heterocycles. The van der Waals surface area contributed by atoms with Crippen molar-refractivity contribution in [2.45, 2.75) is 25.7 Å². The molecule has 0 radical (unpaired) electrons. The molecular weight excluding hydrogens is 342 g/mol. The number of nitrogens with zero attached hydrogens (tertiary/aromatic N) is 3. The van der Waals surface area contributed by atoms with Gasteiger partial charge in [0.05, 0.1) is 10.7 Å². The maximum atomic E-state index is 4.49. The Hall–Kier alpha value is -1.14. The van der Waals surface area contributed by atoms with Crippen LogP contribution in [0.15, 0.2) is 23.1 Å². The first-order valence-electron chi connectivity index (χ1n) is 8.23. The molecule has 6 heteroatoms. The molecule has 0 aromatic carbocycles. The van der Waals surface area contributed by atoms with Crippen LogP contribution in [0.3, 0.4) is 0 Å². The number of anilines is 1. The van der Waals surface area contributed by atoms with E-state index < -0.39 is 0 Å². The molecule has 3 atom stereocenters. The zero-order chi connectivity index (χ0) is 14.9. The Labute approximate surface area is 139 Å². The van der Waals surface area contributed by atoms with Gasteiger partial charge < -0.3 is 10.6 Å². The van der Waals surface area contributed by atoms with Gasteiger partial charge in [0, 0.05) is 18.9 Å². The Bertz CT molecular complexity index is 655. The van der Waals surface area contributed by atoms with Crippen molar-refractivity contribution in [3.8, 4) is 0 Å². The van der Waals surface area contributed by atoms with E-state index in [1.54, 1.807) is 6.20 Å². The summed E-state index contributed by atoms with van der Waals surface area (Å²) in [6, 6.07) is 0. The molecule has 2 aromatic rings. The third kappa shape index (κ3) is 2.74. The van der Waals surface area contributed by atoms with Gasteiger partial charge in [-0.1, -0.05) is 0 Å². The predicted molar refractivity (Wildman–Crippen MR) is 91.0 cm³/mol. The molecule has 118 valence electrons. The monoisotopic (exact) mass is 363 g/mol. The minimum Gasteiger partial charge on any atom is -0.368 e. The van der Waals surface area contributed by atoms with Gasteiger partial charge in [-0.05, 0) is 72.5 Å². The van der Waals surface area contributed by atoms with Crippen LogP contribution in [0.5, 0.6) is 0 Å². The lowest BCUT2D eigenvalue weighted by Gasteiger charge is -2.39. The summed E-state index contributed by atoms with van der Waals surface area (Å²) in [6.45, 7) is 3.44. The predicted octanol–water partition coefficient (Wildman–Crippen LogP) is 2.93. The normalized spacial score (nSPS) is 28.5. The quantitative estimate of drug-likeness (QED) is 0.880. The molecule has 2 aromatic heterocycles. The van der Waals surface area contributed by atoms with Crippen LogP contribution < -0.4 is 10.6 Å². The Balaban J connectivity index is 1.43. The van der Waals surface area contributed by atoms with Gasteiger partial charge in [0.2, 0.25) is 0 Å². The van der Waals surface area contributed by atoms with Crippen molar-refractivity contribution >= 4 is 27.3 Å². The molecule has 4 rings (SSSR count). The second kappa shape index (κ2) is 6.16.